The molecule has 1 heterocycles. The smallest absolute Gasteiger partial charge is 0.378 e. The van der Waals surface area contributed by atoms with Crippen LogP contribution in [0.4, 0.5) is 5.82 Å². The Kier molecular flexibility index (Phi) is 2.37. The maximum absolute atomic E-state index is 10.4. The van der Waals surface area contributed by atoms with Gasteiger partial charge in [0, 0.05) is 6.07 Å². The van der Waals surface area contributed by atoms with Crippen LogP contribution in [0, 0.1) is 10.1 Å². The second-order valence-corrected chi connectivity index (χ2v) is 3.91. The van der Waals surface area contributed by atoms with Gasteiger partial charge in [0.2, 0.25) is 0 Å². The van der Waals surface area contributed by atoms with E-state index in [1.807, 2.05) is 0 Å². The van der Waals surface area contributed by atoms with Crippen LogP contribution in [0.3, 0.4) is 0 Å². The largest absolute Gasteiger partial charge is 0.486 e. The average Bonchev–Trinajstić information content (AvgIpc) is 2.87. The molecule has 14 heavy (non-hydrogen) atoms. The molecule has 0 spiro atoms. The highest BCUT2D eigenvalue weighted by Crippen LogP contribution is 2.30. The molecule has 2 rings (SSSR count). The van der Waals surface area contributed by atoms with Gasteiger partial charge in [-0.2, -0.15) is 0 Å². The molecule has 1 aromatic heterocycles. The standard InChI is InChI=1S/C8H7BrN2O3/c9-7-3-6(14-5-1-2-5)4-10-8(7)11(12)13/h3-5H,1-2H2. The number of hydrogen-bond acceptors (Lipinski definition) is 4. The third kappa shape index (κ3) is 2.01. The molecule has 1 saturated carbocycles. The second-order valence-electron chi connectivity index (χ2n) is 3.05. The molecule has 1 aromatic rings. The molecular weight excluding hydrogens is 252 g/mol. The molecule has 0 aromatic carbocycles. The molecule has 0 aliphatic heterocycles. The lowest BCUT2D eigenvalue weighted by atomic mass is 10.4. The van der Waals surface area contributed by atoms with E-state index >= 15 is 0 Å². The van der Waals surface area contributed by atoms with E-state index in [-0.39, 0.29) is 11.9 Å². The third-order valence-corrected chi connectivity index (χ3v) is 2.38. The van der Waals surface area contributed by atoms with Gasteiger partial charge in [0.1, 0.15) is 4.47 Å². The molecule has 0 radical (unpaired) electrons. The van der Waals surface area contributed by atoms with E-state index in [2.05, 4.69) is 20.9 Å². The van der Waals surface area contributed by atoms with Crippen LogP contribution < -0.4 is 4.74 Å². The normalized spacial score (nSPS) is 15.2. The van der Waals surface area contributed by atoms with Crippen molar-refractivity contribution < 1.29 is 9.66 Å². The number of aromatic nitrogens is 1. The van der Waals surface area contributed by atoms with Crippen LogP contribution in [-0.2, 0) is 0 Å². The Balaban J connectivity index is 2.20. The van der Waals surface area contributed by atoms with Crippen LogP contribution in [-0.4, -0.2) is 16.0 Å². The summed E-state index contributed by atoms with van der Waals surface area (Å²) in [5.74, 6) is 0.387. The van der Waals surface area contributed by atoms with Gasteiger partial charge in [-0.3, -0.25) is 0 Å². The Morgan fingerprint density at radius 1 is 1.64 bits per heavy atom. The molecule has 1 aliphatic carbocycles. The van der Waals surface area contributed by atoms with Gasteiger partial charge in [-0.15, -0.1) is 0 Å². The molecule has 0 N–H and O–H groups in total. The fourth-order valence-electron chi connectivity index (χ4n) is 0.990. The topological polar surface area (TPSA) is 65.3 Å². The zero-order valence-electron chi connectivity index (χ0n) is 7.14. The molecule has 74 valence electrons. The quantitative estimate of drug-likeness (QED) is 0.617. The molecule has 1 aliphatic rings. The first-order valence-corrected chi connectivity index (χ1v) is 4.92. The Morgan fingerprint density at radius 3 is 2.86 bits per heavy atom. The number of rotatable bonds is 3. The van der Waals surface area contributed by atoms with Gasteiger partial charge >= 0.3 is 5.82 Å². The second kappa shape index (κ2) is 3.53. The van der Waals surface area contributed by atoms with E-state index in [1.165, 1.54) is 6.20 Å². The minimum atomic E-state index is -0.537. The van der Waals surface area contributed by atoms with Crippen molar-refractivity contribution in [2.24, 2.45) is 0 Å². The number of nitro groups is 1. The van der Waals surface area contributed by atoms with Crippen LogP contribution >= 0.6 is 15.9 Å². The maximum Gasteiger partial charge on any atom is 0.378 e. The molecule has 0 amide bonds. The van der Waals surface area contributed by atoms with Crippen LogP contribution in [0.2, 0.25) is 0 Å². The van der Waals surface area contributed by atoms with Crippen molar-refractivity contribution in [2.45, 2.75) is 18.9 Å². The van der Waals surface area contributed by atoms with Gasteiger partial charge in [-0.05, 0) is 38.7 Å². The summed E-state index contributed by atoms with van der Waals surface area (Å²) in [4.78, 5) is 13.6. The fraction of sp³-hybridized carbons (Fsp3) is 0.375. The van der Waals surface area contributed by atoms with E-state index in [0.29, 0.717) is 10.2 Å². The van der Waals surface area contributed by atoms with Gasteiger partial charge in [-0.25, -0.2) is 0 Å². The fourth-order valence-corrected chi connectivity index (χ4v) is 1.46. The van der Waals surface area contributed by atoms with Crippen molar-refractivity contribution in [3.63, 3.8) is 0 Å². The van der Waals surface area contributed by atoms with Gasteiger partial charge in [-0.1, -0.05) is 0 Å². The number of pyridine rings is 1. The summed E-state index contributed by atoms with van der Waals surface area (Å²) in [5.41, 5.74) is 0. The van der Waals surface area contributed by atoms with Crippen LogP contribution in [0.15, 0.2) is 16.7 Å². The highest BCUT2D eigenvalue weighted by molar-refractivity contribution is 9.10. The predicted octanol–water partition coefficient (Wildman–Crippen LogP) is 2.29. The Bertz CT molecular complexity index is 379. The first-order chi connectivity index (χ1) is 6.66. The zero-order chi connectivity index (χ0) is 10.1. The van der Waals surface area contributed by atoms with Gasteiger partial charge in [0.15, 0.2) is 11.9 Å². The summed E-state index contributed by atoms with van der Waals surface area (Å²) < 4.78 is 5.77. The summed E-state index contributed by atoms with van der Waals surface area (Å²) in [5, 5.41) is 10.4. The van der Waals surface area contributed by atoms with Crippen molar-refractivity contribution in [1.82, 2.24) is 4.98 Å². The molecule has 0 saturated heterocycles. The van der Waals surface area contributed by atoms with Crippen molar-refractivity contribution in [3.05, 3.63) is 26.9 Å². The average molecular weight is 259 g/mol. The molecule has 0 unspecified atom stereocenters. The molecule has 0 atom stereocenters. The summed E-state index contributed by atoms with van der Waals surface area (Å²) >= 11 is 3.07. The van der Waals surface area contributed by atoms with Gasteiger partial charge in [0.25, 0.3) is 0 Å². The Hall–Kier alpha value is -1.17. The van der Waals surface area contributed by atoms with Crippen molar-refractivity contribution in [1.29, 1.82) is 0 Å². The number of halogens is 1. The number of hydrogen-bond donors (Lipinski definition) is 0. The minimum Gasteiger partial charge on any atom is -0.486 e. The molecular formula is C8H7BrN2O3. The first kappa shape index (κ1) is 9.39. The highest BCUT2D eigenvalue weighted by Gasteiger charge is 2.25. The Labute approximate surface area is 88.4 Å². The van der Waals surface area contributed by atoms with Gasteiger partial charge < -0.3 is 14.9 Å². The monoisotopic (exact) mass is 258 g/mol. The third-order valence-electron chi connectivity index (χ3n) is 1.80. The lowest BCUT2D eigenvalue weighted by Gasteiger charge is -2.02. The summed E-state index contributed by atoms with van der Waals surface area (Å²) in [6.45, 7) is 0. The van der Waals surface area contributed by atoms with Crippen molar-refractivity contribution in [2.75, 3.05) is 0 Å². The van der Waals surface area contributed by atoms with Gasteiger partial charge in [0.05, 0.1) is 6.10 Å². The number of nitrogens with zero attached hydrogens (tertiary/aromatic N) is 2. The molecule has 1 fully saturated rings. The van der Waals surface area contributed by atoms with Crippen LogP contribution in [0.1, 0.15) is 12.8 Å². The molecule has 6 heteroatoms. The SMILES string of the molecule is O=[N+]([O-])c1ncc(OC2CC2)cc1Br. The van der Waals surface area contributed by atoms with E-state index in [4.69, 9.17) is 4.74 Å². The predicted molar refractivity (Wildman–Crippen MR) is 52.2 cm³/mol. The lowest BCUT2D eigenvalue weighted by molar-refractivity contribution is -0.390. The molecule has 0 bridgehead atoms. The maximum atomic E-state index is 10.4. The van der Waals surface area contributed by atoms with E-state index in [9.17, 15) is 10.1 Å². The minimum absolute atomic E-state index is 0.187. The van der Waals surface area contributed by atoms with Crippen molar-refractivity contribution >= 4 is 21.7 Å². The van der Waals surface area contributed by atoms with Crippen LogP contribution in [0.25, 0.3) is 0 Å². The zero-order valence-corrected chi connectivity index (χ0v) is 8.73. The summed E-state index contributed by atoms with van der Waals surface area (Å²) in [6.07, 6.45) is 3.75. The first-order valence-electron chi connectivity index (χ1n) is 4.13. The van der Waals surface area contributed by atoms with E-state index in [0.717, 1.165) is 12.8 Å². The Morgan fingerprint density at radius 2 is 2.36 bits per heavy atom. The van der Waals surface area contributed by atoms with Crippen molar-refractivity contribution in [3.8, 4) is 5.75 Å². The summed E-state index contributed by atoms with van der Waals surface area (Å²) in [7, 11) is 0. The lowest BCUT2D eigenvalue weighted by Crippen LogP contribution is -1.98. The van der Waals surface area contributed by atoms with Crippen LogP contribution in [0.5, 0.6) is 5.75 Å². The van der Waals surface area contributed by atoms with E-state index < -0.39 is 4.92 Å². The van der Waals surface area contributed by atoms with E-state index in [1.54, 1.807) is 6.07 Å². The number of ether oxygens (including phenoxy) is 1. The summed E-state index contributed by atoms with van der Waals surface area (Å²) in [6, 6.07) is 1.57. The molecule has 5 nitrogen and oxygen atoms in total. The highest BCUT2D eigenvalue weighted by atomic mass is 79.9.